The van der Waals surface area contributed by atoms with Crippen LogP contribution in [0.2, 0.25) is 0 Å². The predicted molar refractivity (Wildman–Crippen MR) is 87.6 cm³/mol. The van der Waals surface area contributed by atoms with Crippen molar-refractivity contribution in [2.24, 2.45) is 0 Å². The molecule has 3 rings (SSSR count). The van der Waals surface area contributed by atoms with Gasteiger partial charge in [0.05, 0.1) is 12.7 Å². The third kappa shape index (κ3) is 2.57. The second-order valence-electron chi connectivity index (χ2n) is 5.76. The van der Waals surface area contributed by atoms with Gasteiger partial charge in [-0.1, -0.05) is 6.92 Å². The Kier molecular flexibility index (Phi) is 4.07. The second kappa shape index (κ2) is 6.01. The SMILES string of the molecule is CCN1CCN(C(=O)c2c(C)[nH]c3ccc(OC)cc23)CC1. The summed E-state index contributed by atoms with van der Waals surface area (Å²) in [5.41, 5.74) is 2.68. The molecule has 1 aliphatic heterocycles. The third-order valence-electron chi connectivity index (χ3n) is 4.51. The number of aromatic nitrogens is 1. The second-order valence-corrected chi connectivity index (χ2v) is 5.76. The molecule has 1 fully saturated rings. The minimum atomic E-state index is 0.118. The Labute approximate surface area is 130 Å². The standard InChI is InChI=1S/C17H23N3O2/c1-4-19-7-9-20(10-8-19)17(21)16-12(2)18-15-6-5-13(22-3)11-14(15)16/h5-6,11,18H,4,7-10H2,1-3H3. The molecule has 2 aromatic rings. The summed E-state index contributed by atoms with van der Waals surface area (Å²) in [6, 6.07) is 5.81. The average Bonchev–Trinajstić information content (AvgIpc) is 2.89. The molecule has 1 saturated heterocycles. The molecule has 0 aliphatic carbocycles. The van der Waals surface area contributed by atoms with Crippen LogP contribution in [0, 0.1) is 6.92 Å². The molecule has 0 spiro atoms. The number of likely N-dealkylation sites (N-methyl/N-ethyl adjacent to an activating group) is 1. The van der Waals surface area contributed by atoms with E-state index in [1.807, 2.05) is 30.0 Å². The molecule has 0 unspecified atom stereocenters. The Morgan fingerprint density at radius 1 is 1.27 bits per heavy atom. The number of methoxy groups -OCH3 is 1. The maximum absolute atomic E-state index is 12.9. The molecule has 5 nitrogen and oxygen atoms in total. The minimum Gasteiger partial charge on any atom is -0.497 e. The van der Waals surface area contributed by atoms with Gasteiger partial charge in [-0.2, -0.15) is 0 Å². The number of H-pyrrole nitrogens is 1. The highest BCUT2D eigenvalue weighted by Crippen LogP contribution is 2.27. The van der Waals surface area contributed by atoms with Gasteiger partial charge in [0.2, 0.25) is 0 Å². The molecule has 118 valence electrons. The summed E-state index contributed by atoms with van der Waals surface area (Å²) in [4.78, 5) is 20.6. The fraction of sp³-hybridized carbons (Fsp3) is 0.471. The molecule has 2 heterocycles. The number of nitrogens with one attached hydrogen (secondary N) is 1. The van der Waals surface area contributed by atoms with Crippen LogP contribution in [0.15, 0.2) is 18.2 Å². The van der Waals surface area contributed by atoms with Gasteiger partial charge < -0.3 is 19.5 Å². The number of piperazine rings is 1. The summed E-state index contributed by atoms with van der Waals surface area (Å²) in [5.74, 6) is 0.893. The number of ether oxygens (including phenoxy) is 1. The number of carbonyl (C=O) groups is 1. The van der Waals surface area contributed by atoms with Crippen molar-refractivity contribution in [1.29, 1.82) is 0 Å². The zero-order valence-corrected chi connectivity index (χ0v) is 13.5. The molecular weight excluding hydrogens is 278 g/mol. The molecule has 0 saturated carbocycles. The van der Waals surface area contributed by atoms with Crippen molar-refractivity contribution < 1.29 is 9.53 Å². The van der Waals surface area contributed by atoms with E-state index in [4.69, 9.17) is 4.74 Å². The molecule has 1 aromatic heterocycles. The van der Waals surface area contributed by atoms with Crippen molar-refractivity contribution in [2.75, 3.05) is 39.8 Å². The van der Waals surface area contributed by atoms with Gasteiger partial charge in [-0.15, -0.1) is 0 Å². The molecule has 1 aliphatic rings. The molecule has 1 amide bonds. The lowest BCUT2D eigenvalue weighted by Gasteiger charge is -2.34. The summed E-state index contributed by atoms with van der Waals surface area (Å²) in [6.45, 7) is 8.66. The van der Waals surface area contributed by atoms with Gasteiger partial charge in [-0.05, 0) is 31.7 Å². The van der Waals surface area contributed by atoms with Gasteiger partial charge in [0, 0.05) is 42.8 Å². The van der Waals surface area contributed by atoms with E-state index in [1.54, 1.807) is 7.11 Å². The number of hydrogen-bond donors (Lipinski definition) is 1. The lowest BCUT2D eigenvalue weighted by Crippen LogP contribution is -2.48. The topological polar surface area (TPSA) is 48.6 Å². The summed E-state index contributed by atoms with van der Waals surface area (Å²) in [6.07, 6.45) is 0. The van der Waals surface area contributed by atoms with Crippen LogP contribution >= 0.6 is 0 Å². The highest BCUT2D eigenvalue weighted by molar-refractivity contribution is 6.08. The van der Waals surface area contributed by atoms with Crippen molar-refractivity contribution in [2.45, 2.75) is 13.8 Å². The normalized spacial score (nSPS) is 16.2. The first-order chi connectivity index (χ1) is 10.6. The number of rotatable bonds is 3. The lowest BCUT2D eigenvalue weighted by atomic mass is 10.1. The van der Waals surface area contributed by atoms with Crippen molar-refractivity contribution >= 4 is 16.8 Å². The van der Waals surface area contributed by atoms with E-state index in [0.29, 0.717) is 0 Å². The number of amides is 1. The van der Waals surface area contributed by atoms with Crippen molar-refractivity contribution in [3.8, 4) is 5.75 Å². The quantitative estimate of drug-likeness (QED) is 0.946. The molecule has 5 heteroatoms. The Balaban J connectivity index is 1.92. The Morgan fingerprint density at radius 2 is 2.00 bits per heavy atom. The highest BCUT2D eigenvalue weighted by Gasteiger charge is 2.25. The highest BCUT2D eigenvalue weighted by atomic mass is 16.5. The van der Waals surface area contributed by atoms with E-state index in [9.17, 15) is 4.79 Å². The van der Waals surface area contributed by atoms with Crippen LogP contribution in [0.5, 0.6) is 5.75 Å². The van der Waals surface area contributed by atoms with Crippen LogP contribution in [0.1, 0.15) is 23.0 Å². The maximum atomic E-state index is 12.9. The smallest absolute Gasteiger partial charge is 0.256 e. The first-order valence-electron chi connectivity index (χ1n) is 7.82. The predicted octanol–water partition coefficient (Wildman–Crippen LogP) is 2.26. The largest absolute Gasteiger partial charge is 0.497 e. The van der Waals surface area contributed by atoms with Crippen molar-refractivity contribution in [3.63, 3.8) is 0 Å². The average molecular weight is 301 g/mol. The molecule has 22 heavy (non-hydrogen) atoms. The van der Waals surface area contributed by atoms with Gasteiger partial charge in [0.15, 0.2) is 0 Å². The van der Waals surface area contributed by atoms with Gasteiger partial charge in [0.1, 0.15) is 5.75 Å². The van der Waals surface area contributed by atoms with Gasteiger partial charge in [0.25, 0.3) is 5.91 Å². The van der Waals surface area contributed by atoms with E-state index in [0.717, 1.165) is 60.6 Å². The maximum Gasteiger partial charge on any atom is 0.256 e. The number of aromatic amines is 1. The molecular formula is C17H23N3O2. The number of benzene rings is 1. The number of hydrogen-bond acceptors (Lipinski definition) is 3. The Hall–Kier alpha value is -2.01. The molecule has 0 radical (unpaired) electrons. The lowest BCUT2D eigenvalue weighted by molar-refractivity contribution is 0.0644. The van der Waals surface area contributed by atoms with Crippen LogP contribution < -0.4 is 4.74 Å². The fourth-order valence-electron chi connectivity index (χ4n) is 3.13. The summed E-state index contributed by atoms with van der Waals surface area (Å²) in [5, 5.41) is 0.944. The first kappa shape index (κ1) is 14.9. The van der Waals surface area contributed by atoms with E-state index in [-0.39, 0.29) is 5.91 Å². The van der Waals surface area contributed by atoms with Crippen LogP contribution in [0.4, 0.5) is 0 Å². The van der Waals surface area contributed by atoms with E-state index >= 15 is 0 Å². The fourth-order valence-corrected chi connectivity index (χ4v) is 3.13. The van der Waals surface area contributed by atoms with Crippen molar-refractivity contribution in [1.82, 2.24) is 14.8 Å². The summed E-state index contributed by atoms with van der Waals surface area (Å²) in [7, 11) is 1.64. The number of nitrogens with zero attached hydrogens (tertiary/aromatic N) is 2. The van der Waals surface area contributed by atoms with Crippen molar-refractivity contribution in [3.05, 3.63) is 29.5 Å². The van der Waals surface area contributed by atoms with Crippen LogP contribution in [0.25, 0.3) is 10.9 Å². The van der Waals surface area contributed by atoms with E-state index in [2.05, 4.69) is 16.8 Å². The van der Waals surface area contributed by atoms with Crippen LogP contribution in [-0.2, 0) is 0 Å². The zero-order valence-electron chi connectivity index (χ0n) is 13.5. The van der Waals surface area contributed by atoms with Gasteiger partial charge in [-0.25, -0.2) is 0 Å². The van der Waals surface area contributed by atoms with Crippen LogP contribution in [-0.4, -0.2) is 60.5 Å². The minimum absolute atomic E-state index is 0.118. The van der Waals surface area contributed by atoms with Gasteiger partial charge >= 0.3 is 0 Å². The number of fused-ring (bicyclic) bond motifs is 1. The first-order valence-corrected chi connectivity index (χ1v) is 7.82. The summed E-state index contributed by atoms with van der Waals surface area (Å²) < 4.78 is 5.29. The molecule has 1 aromatic carbocycles. The molecule has 1 N–H and O–H groups in total. The third-order valence-corrected chi connectivity index (χ3v) is 4.51. The number of carbonyl (C=O) groups excluding carboxylic acids is 1. The zero-order chi connectivity index (χ0) is 15.7. The van der Waals surface area contributed by atoms with Crippen LogP contribution in [0.3, 0.4) is 0 Å². The summed E-state index contributed by atoms with van der Waals surface area (Å²) >= 11 is 0. The van der Waals surface area contributed by atoms with E-state index in [1.165, 1.54) is 0 Å². The Morgan fingerprint density at radius 3 is 2.64 bits per heavy atom. The van der Waals surface area contributed by atoms with Gasteiger partial charge in [-0.3, -0.25) is 4.79 Å². The van der Waals surface area contributed by atoms with E-state index < -0.39 is 0 Å². The molecule has 0 atom stereocenters. The molecule has 0 bridgehead atoms. The monoisotopic (exact) mass is 301 g/mol. The number of aryl methyl sites for hydroxylation is 1. The Bertz CT molecular complexity index is 685.